The number of anilines is 3. The minimum absolute atomic E-state index is 0.204. The van der Waals surface area contributed by atoms with E-state index in [4.69, 9.17) is 0 Å². The molecule has 0 bridgehead atoms. The lowest BCUT2D eigenvalue weighted by Gasteiger charge is -2.42. The number of carbonyl (C=O) groups is 1. The molecule has 1 heterocycles. The van der Waals surface area contributed by atoms with Crippen LogP contribution in [-0.4, -0.2) is 11.1 Å². The maximum absolute atomic E-state index is 11.5. The lowest BCUT2D eigenvalue weighted by atomic mass is 9.73. The molecule has 0 saturated carbocycles. The second kappa shape index (κ2) is 6.21. The van der Waals surface area contributed by atoms with E-state index in [1.54, 1.807) is 12.1 Å². The Bertz CT molecular complexity index is 1260. The van der Waals surface area contributed by atoms with Crippen LogP contribution >= 0.6 is 0 Å². The molecule has 0 radical (unpaired) electrons. The molecule has 5 rings (SSSR count). The second-order valence-electron chi connectivity index (χ2n) is 8.05. The van der Waals surface area contributed by atoms with E-state index in [1.807, 2.05) is 12.1 Å². The SMILES string of the molecule is CC1(C)c2ccccc2N(c2ccccc2)c2cc3ccc(C(=O)O)cc3cc21. The molecular formula is C26H21NO2. The molecule has 0 saturated heterocycles. The van der Waals surface area contributed by atoms with Gasteiger partial charge in [0, 0.05) is 11.1 Å². The predicted molar refractivity (Wildman–Crippen MR) is 118 cm³/mol. The predicted octanol–water partition coefficient (Wildman–Crippen LogP) is 6.65. The molecule has 29 heavy (non-hydrogen) atoms. The van der Waals surface area contributed by atoms with Crippen molar-refractivity contribution >= 4 is 33.8 Å². The van der Waals surface area contributed by atoms with Gasteiger partial charge >= 0.3 is 5.97 Å². The number of aromatic carboxylic acids is 1. The molecule has 142 valence electrons. The van der Waals surface area contributed by atoms with Crippen LogP contribution in [-0.2, 0) is 5.41 Å². The smallest absolute Gasteiger partial charge is 0.335 e. The Morgan fingerprint density at radius 2 is 1.48 bits per heavy atom. The number of rotatable bonds is 2. The van der Waals surface area contributed by atoms with Crippen LogP contribution in [0.1, 0.15) is 35.3 Å². The van der Waals surface area contributed by atoms with Crippen molar-refractivity contribution in [1.82, 2.24) is 0 Å². The number of para-hydroxylation sites is 2. The van der Waals surface area contributed by atoms with Crippen molar-refractivity contribution in [2.75, 3.05) is 4.90 Å². The summed E-state index contributed by atoms with van der Waals surface area (Å²) < 4.78 is 0. The Morgan fingerprint density at radius 3 is 2.24 bits per heavy atom. The maximum atomic E-state index is 11.5. The van der Waals surface area contributed by atoms with Gasteiger partial charge in [-0.15, -0.1) is 0 Å². The molecule has 0 atom stereocenters. The van der Waals surface area contributed by atoms with Gasteiger partial charge in [0.1, 0.15) is 0 Å². The molecule has 0 fully saturated rings. The molecule has 4 aromatic carbocycles. The van der Waals surface area contributed by atoms with Gasteiger partial charge in [0.05, 0.1) is 16.9 Å². The monoisotopic (exact) mass is 379 g/mol. The lowest BCUT2D eigenvalue weighted by molar-refractivity contribution is 0.0697. The highest BCUT2D eigenvalue weighted by Crippen LogP contribution is 2.52. The molecule has 0 aromatic heterocycles. The Hall–Kier alpha value is -3.59. The summed E-state index contributed by atoms with van der Waals surface area (Å²) in [5.41, 5.74) is 5.97. The Kier molecular flexibility index (Phi) is 3.75. The molecule has 3 nitrogen and oxygen atoms in total. The van der Waals surface area contributed by atoms with Crippen LogP contribution in [0.3, 0.4) is 0 Å². The van der Waals surface area contributed by atoms with Crippen molar-refractivity contribution in [3.63, 3.8) is 0 Å². The number of hydrogen-bond donors (Lipinski definition) is 1. The summed E-state index contributed by atoms with van der Waals surface area (Å²) >= 11 is 0. The van der Waals surface area contributed by atoms with E-state index in [-0.39, 0.29) is 5.41 Å². The quantitative estimate of drug-likeness (QED) is 0.424. The average Bonchev–Trinajstić information content (AvgIpc) is 2.73. The van der Waals surface area contributed by atoms with Crippen LogP contribution in [0.5, 0.6) is 0 Å². The zero-order valence-electron chi connectivity index (χ0n) is 16.4. The first-order valence-corrected chi connectivity index (χ1v) is 9.73. The van der Waals surface area contributed by atoms with Gasteiger partial charge in [-0.3, -0.25) is 0 Å². The molecule has 0 spiro atoms. The van der Waals surface area contributed by atoms with E-state index in [1.165, 1.54) is 16.8 Å². The zero-order valence-corrected chi connectivity index (χ0v) is 16.4. The van der Waals surface area contributed by atoms with Gasteiger partial charge in [-0.2, -0.15) is 0 Å². The third-order valence-corrected chi connectivity index (χ3v) is 5.95. The van der Waals surface area contributed by atoms with Crippen LogP contribution in [0, 0.1) is 0 Å². The van der Waals surface area contributed by atoms with E-state index in [2.05, 4.69) is 79.4 Å². The van der Waals surface area contributed by atoms with Gasteiger partial charge in [0.2, 0.25) is 0 Å². The molecule has 3 heteroatoms. The second-order valence-corrected chi connectivity index (χ2v) is 8.05. The molecule has 0 unspecified atom stereocenters. The molecule has 0 amide bonds. The highest BCUT2D eigenvalue weighted by Gasteiger charge is 2.36. The molecule has 1 aliphatic rings. The highest BCUT2D eigenvalue weighted by molar-refractivity contribution is 5.98. The fourth-order valence-electron chi connectivity index (χ4n) is 4.43. The third kappa shape index (κ3) is 2.62. The fraction of sp³-hybridized carbons (Fsp3) is 0.115. The van der Waals surface area contributed by atoms with Gasteiger partial charge < -0.3 is 10.0 Å². The zero-order chi connectivity index (χ0) is 20.2. The Morgan fingerprint density at radius 1 is 0.759 bits per heavy atom. The van der Waals surface area contributed by atoms with Gasteiger partial charge in [-0.05, 0) is 64.4 Å². The Balaban J connectivity index is 1.85. The first-order chi connectivity index (χ1) is 14.0. The molecule has 0 aliphatic carbocycles. The lowest BCUT2D eigenvalue weighted by Crippen LogP contribution is -2.30. The first-order valence-electron chi connectivity index (χ1n) is 9.73. The minimum Gasteiger partial charge on any atom is -0.478 e. The van der Waals surface area contributed by atoms with Crippen molar-refractivity contribution in [3.8, 4) is 0 Å². The van der Waals surface area contributed by atoms with E-state index in [0.717, 1.165) is 22.1 Å². The normalized spacial score (nSPS) is 14.3. The molecule has 4 aromatic rings. The van der Waals surface area contributed by atoms with Gasteiger partial charge in [0.25, 0.3) is 0 Å². The van der Waals surface area contributed by atoms with Crippen molar-refractivity contribution in [2.45, 2.75) is 19.3 Å². The summed E-state index contributed by atoms with van der Waals surface area (Å²) in [6.07, 6.45) is 0. The molecule has 1 aliphatic heterocycles. The fourth-order valence-corrected chi connectivity index (χ4v) is 4.43. The highest BCUT2D eigenvalue weighted by atomic mass is 16.4. The van der Waals surface area contributed by atoms with Crippen LogP contribution in [0.4, 0.5) is 17.1 Å². The van der Waals surface area contributed by atoms with E-state index in [0.29, 0.717) is 5.56 Å². The van der Waals surface area contributed by atoms with Crippen LogP contribution in [0.15, 0.2) is 84.9 Å². The standard InChI is InChI=1S/C26H21NO2/c1-26(2)21-10-6-7-11-23(21)27(20-8-4-3-5-9-20)24-16-17-12-13-18(25(28)29)14-19(17)15-22(24)26/h3-16H,1-2H3,(H,28,29). The summed E-state index contributed by atoms with van der Waals surface area (Å²) in [4.78, 5) is 13.8. The van der Waals surface area contributed by atoms with E-state index < -0.39 is 5.97 Å². The molecular weight excluding hydrogens is 358 g/mol. The number of hydrogen-bond acceptors (Lipinski definition) is 2. The topological polar surface area (TPSA) is 40.5 Å². The van der Waals surface area contributed by atoms with E-state index >= 15 is 0 Å². The summed E-state index contributed by atoms with van der Waals surface area (Å²) in [5.74, 6) is -0.903. The summed E-state index contributed by atoms with van der Waals surface area (Å²) in [5, 5.41) is 11.4. The van der Waals surface area contributed by atoms with Crippen molar-refractivity contribution in [2.24, 2.45) is 0 Å². The van der Waals surface area contributed by atoms with Gasteiger partial charge in [-0.1, -0.05) is 56.3 Å². The maximum Gasteiger partial charge on any atom is 0.335 e. The number of benzene rings is 4. The van der Waals surface area contributed by atoms with E-state index in [9.17, 15) is 9.90 Å². The number of nitrogens with zero attached hydrogens (tertiary/aromatic N) is 1. The van der Waals surface area contributed by atoms with Crippen molar-refractivity contribution < 1.29 is 9.90 Å². The third-order valence-electron chi connectivity index (χ3n) is 5.95. The van der Waals surface area contributed by atoms with Crippen molar-refractivity contribution in [1.29, 1.82) is 0 Å². The number of carboxylic acids is 1. The number of carboxylic acid groups (broad SMARTS) is 1. The summed E-state index contributed by atoms with van der Waals surface area (Å²) in [7, 11) is 0. The van der Waals surface area contributed by atoms with Crippen molar-refractivity contribution in [3.05, 3.63) is 102 Å². The van der Waals surface area contributed by atoms with Gasteiger partial charge in [0.15, 0.2) is 0 Å². The largest absolute Gasteiger partial charge is 0.478 e. The first kappa shape index (κ1) is 17.5. The summed E-state index contributed by atoms with van der Waals surface area (Å²) in [6, 6.07) is 28.6. The van der Waals surface area contributed by atoms with Crippen LogP contribution in [0.25, 0.3) is 10.8 Å². The molecule has 1 N–H and O–H groups in total. The Labute approximate surface area is 169 Å². The van der Waals surface area contributed by atoms with Crippen LogP contribution in [0.2, 0.25) is 0 Å². The average molecular weight is 379 g/mol. The van der Waals surface area contributed by atoms with Crippen LogP contribution < -0.4 is 4.90 Å². The van der Waals surface area contributed by atoms with Gasteiger partial charge in [-0.25, -0.2) is 4.79 Å². The minimum atomic E-state index is -0.903. The number of fused-ring (bicyclic) bond motifs is 3. The summed E-state index contributed by atoms with van der Waals surface area (Å²) in [6.45, 7) is 4.47.